The molecule has 1 atom stereocenters. The van der Waals surface area contributed by atoms with E-state index in [2.05, 4.69) is 5.32 Å². The van der Waals surface area contributed by atoms with Crippen LogP contribution in [0.5, 0.6) is 0 Å². The van der Waals surface area contributed by atoms with Crippen LogP contribution in [0.25, 0.3) is 0 Å². The minimum Gasteiger partial charge on any atom is -0.398 e. The summed E-state index contributed by atoms with van der Waals surface area (Å²) in [5.74, 6) is -0.0965. The zero-order valence-electron chi connectivity index (χ0n) is 12.6. The fourth-order valence-electron chi connectivity index (χ4n) is 2.25. The summed E-state index contributed by atoms with van der Waals surface area (Å²) in [5, 5.41) is 2.87. The molecule has 0 saturated carbocycles. The van der Waals surface area contributed by atoms with Crippen molar-refractivity contribution in [3.8, 4) is 0 Å². The molecule has 21 heavy (non-hydrogen) atoms. The molecule has 0 aliphatic carbocycles. The predicted octanol–water partition coefficient (Wildman–Crippen LogP) is 1.89. The minimum atomic E-state index is -0.0965. The van der Waals surface area contributed by atoms with Gasteiger partial charge in [0, 0.05) is 31.0 Å². The Balaban J connectivity index is 1.59. The molecule has 0 radical (unpaired) electrons. The average Bonchev–Trinajstić information content (AvgIpc) is 2.98. The van der Waals surface area contributed by atoms with Crippen LogP contribution in [0.4, 0.5) is 5.69 Å². The third kappa shape index (κ3) is 5.02. The number of hydrogen-bond acceptors (Lipinski definition) is 4. The maximum atomic E-state index is 11.9. The number of aryl methyl sites for hydroxylation is 1. The zero-order valence-corrected chi connectivity index (χ0v) is 12.6. The van der Waals surface area contributed by atoms with Crippen molar-refractivity contribution in [2.45, 2.75) is 32.3 Å². The quantitative estimate of drug-likeness (QED) is 0.594. The van der Waals surface area contributed by atoms with E-state index in [0.29, 0.717) is 31.0 Å². The molecule has 1 unspecified atom stereocenters. The highest BCUT2D eigenvalue weighted by molar-refractivity contribution is 5.95. The normalized spacial score (nSPS) is 17.9. The molecule has 116 valence electrons. The largest absolute Gasteiger partial charge is 0.398 e. The van der Waals surface area contributed by atoms with E-state index in [1.807, 2.05) is 13.0 Å². The Morgan fingerprint density at radius 2 is 2.38 bits per heavy atom. The molecule has 1 aliphatic rings. The Morgan fingerprint density at radius 3 is 3.10 bits per heavy atom. The topological polar surface area (TPSA) is 73.6 Å². The van der Waals surface area contributed by atoms with Gasteiger partial charge in [0.05, 0.1) is 12.7 Å². The second kappa shape index (κ2) is 8.00. The van der Waals surface area contributed by atoms with Crippen LogP contribution in [0.15, 0.2) is 18.2 Å². The van der Waals surface area contributed by atoms with Crippen LogP contribution in [0.3, 0.4) is 0 Å². The van der Waals surface area contributed by atoms with Gasteiger partial charge in [-0.05, 0) is 43.9 Å². The number of nitrogens with two attached hydrogens (primary N) is 1. The molecule has 1 aromatic rings. The number of carbonyl (C=O) groups excluding carboxylic acids is 1. The van der Waals surface area contributed by atoms with Gasteiger partial charge in [-0.2, -0.15) is 0 Å². The fraction of sp³-hybridized carbons (Fsp3) is 0.562. The molecule has 1 heterocycles. The lowest BCUT2D eigenvalue weighted by Gasteiger charge is -2.10. The van der Waals surface area contributed by atoms with Crippen molar-refractivity contribution in [1.82, 2.24) is 5.32 Å². The molecule has 1 aromatic carbocycles. The van der Waals surface area contributed by atoms with Crippen LogP contribution in [-0.2, 0) is 9.47 Å². The smallest absolute Gasteiger partial charge is 0.251 e. The van der Waals surface area contributed by atoms with Crippen molar-refractivity contribution in [2.24, 2.45) is 0 Å². The van der Waals surface area contributed by atoms with Gasteiger partial charge in [-0.15, -0.1) is 0 Å². The highest BCUT2D eigenvalue weighted by atomic mass is 16.5. The standard InChI is InChI=1S/C16H24N2O3/c1-12-5-6-13(10-15(12)17)16(19)18-7-3-8-20-11-14-4-2-9-21-14/h5-6,10,14H,2-4,7-9,11,17H2,1H3,(H,18,19). The van der Waals surface area contributed by atoms with Gasteiger partial charge in [-0.3, -0.25) is 4.79 Å². The van der Waals surface area contributed by atoms with E-state index in [0.717, 1.165) is 31.4 Å². The molecule has 5 nitrogen and oxygen atoms in total. The first-order chi connectivity index (χ1) is 10.2. The van der Waals surface area contributed by atoms with E-state index in [1.54, 1.807) is 12.1 Å². The monoisotopic (exact) mass is 292 g/mol. The van der Waals surface area contributed by atoms with Gasteiger partial charge in [-0.1, -0.05) is 6.07 Å². The Labute approximate surface area is 125 Å². The Hall–Kier alpha value is -1.59. The number of hydrogen-bond donors (Lipinski definition) is 2. The summed E-state index contributed by atoms with van der Waals surface area (Å²) in [6, 6.07) is 5.35. The first-order valence-electron chi connectivity index (χ1n) is 7.50. The van der Waals surface area contributed by atoms with Gasteiger partial charge < -0.3 is 20.5 Å². The van der Waals surface area contributed by atoms with Gasteiger partial charge >= 0.3 is 0 Å². The molecule has 1 aliphatic heterocycles. The van der Waals surface area contributed by atoms with Gasteiger partial charge in [-0.25, -0.2) is 0 Å². The molecule has 5 heteroatoms. The van der Waals surface area contributed by atoms with Crippen molar-refractivity contribution < 1.29 is 14.3 Å². The van der Waals surface area contributed by atoms with Gasteiger partial charge in [0.1, 0.15) is 0 Å². The summed E-state index contributed by atoms with van der Waals surface area (Å²) in [5.41, 5.74) is 8.02. The number of nitrogens with one attached hydrogen (secondary N) is 1. The minimum absolute atomic E-state index is 0.0965. The average molecular weight is 292 g/mol. The van der Waals surface area contributed by atoms with Crippen molar-refractivity contribution in [3.05, 3.63) is 29.3 Å². The molecule has 1 fully saturated rings. The Bertz CT molecular complexity index is 471. The lowest BCUT2D eigenvalue weighted by Crippen LogP contribution is -2.25. The maximum absolute atomic E-state index is 11.9. The first kappa shape index (κ1) is 15.8. The molecule has 3 N–H and O–H groups in total. The number of carbonyl (C=O) groups is 1. The second-order valence-electron chi connectivity index (χ2n) is 5.39. The molecule has 0 bridgehead atoms. The molecule has 0 spiro atoms. The molecule has 2 rings (SSSR count). The Kier molecular flexibility index (Phi) is 6.02. The highest BCUT2D eigenvalue weighted by Gasteiger charge is 2.14. The highest BCUT2D eigenvalue weighted by Crippen LogP contribution is 2.13. The lowest BCUT2D eigenvalue weighted by molar-refractivity contribution is 0.0166. The first-order valence-corrected chi connectivity index (χ1v) is 7.50. The van der Waals surface area contributed by atoms with Gasteiger partial charge in [0.2, 0.25) is 0 Å². The van der Waals surface area contributed by atoms with Crippen LogP contribution >= 0.6 is 0 Å². The van der Waals surface area contributed by atoms with E-state index in [4.69, 9.17) is 15.2 Å². The number of ether oxygens (including phenoxy) is 2. The maximum Gasteiger partial charge on any atom is 0.251 e. The van der Waals surface area contributed by atoms with Crippen molar-refractivity contribution in [3.63, 3.8) is 0 Å². The van der Waals surface area contributed by atoms with Crippen LogP contribution in [0.2, 0.25) is 0 Å². The number of amides is 1. The third-order valence-corrected chi connectivity index (χ3v) is 3.62. The number of nitrogen functional groups attached to an aromatic ring is 1. The van der Waals surface area contributed by atoms with Crippen LogP contribution in [-0.4, -0.2) is 38.4 Å². The third-order valence-electron chi connectivity index (χ3n) is 3.62. The molecule has 0 aromatic heterocycles. The summed E-state index contributed by atoms with van der Waals surface area (Å²) in [6.45, 7) is 4.66. The van der Waals surface area contributed by atoms with E-state index < -0.39 is 0 Å². The molecule has 1 amide bonds. The van der Waals surface area contributed by atoms with E-state index in [1.165, 1.54) is 0 Å². The molecular weight excluding hydrogens is 268 g/mol. The van der Waals surface area contributed by atoms with E-state index >= 15 is 0 Å². The number of rotatable bonds is 7. The summed E-state index contributed by atoms with van der Waals surface area (Å²) in [4.78, 5) is 11.9. The van der Waals surface area contributed by atoms with Crippen LogP contribution in [0.1, 0.15) is 35.2 Å². The summed E-state index contributed by atoms with van der Waals surface area (Å²) in [7, 11) is 0. The van der Waals surface area contributed by atoms with Crippen LogP contribution < -0.4 is 11.1 Å². The Morgan fingerprint density at radius 1 is 1.52 bits per heavy atom. The summed E-state index contributed by atoms with van der Waals surface area (Å²) >= 11 is 0. The lowest BCUT2D eigenvalue weighted by atomic mass is 10.1. The summed E-state index contributed by atoms with van der Waals surface area (Å²) < 4.78 is 11.0. The van der Waals surface area contributed by atoms with Gasteiger partial charge in [0.25, 0.3) is 5.91 Å². The number of benzene rings is 1. The summed E-state index contributed by atoms with van der Waals surface area (Å²) in [6.07, 6.45) is 3.27. The molecular formula is C16H24N2O3. The van der Waals surface area contributed by atoms with Crippen LogP contribution in [0, 0.1) is 6.92 Å². The zero-order chi connectivity index (χ0) is 15.1. The van der Waals surface area contributed by atoms with Crippen molar-refractivity contribution in [1.29, 1.82) is 0 Å². The van der Waals surface area contributed by atoms with E-state index in [-0.39, 0.29) is 12.0 Å². The van der Waals surface area contributed by atoms with Crippen molar-refractivity contribution >= 4 is 11.6 Å². The second-order valence-corrected chi connectivity index (χ2v) is 5.39. The predicted molar refractivity (Wildman–Crippen MR) is 82.3 cm³/mol. The van der Waals surface area contributed by atoms with Gasteiger partial charge in [0.15, 0.2) is 0 Å². The number of anilines is 1. The molecule has 1 saturated heterocycles. The SMILES string of the molecule is Cc1ccc(C(=O)NCCCOCC2CCCO2)cc1N. The van der Waals surface area contributed by atoms with E-state index in [9.17, 15) is 4.79 Å². The van der Waals surface area contributed by atoms with Crippen molar-refractivity contribution in [2.75, 3.05) is 32.1 Å². The fourth-order valence-corrected chi connectivity index (χ4v) is 2.25.